The summed E-state index contributed by atoms with van der Waals surface area (Å²) in [6, 6.07) is 7.06. The Morgan fingerprint density at radius 2 is 2.26 bits per heavy atom. The van der Waals surface area contributed by atoms with Gasteiger partial charge in [-0.05, 0) is 64.7 Å². The molecule has 0 aliphatic carbocycles. The Labute approximate surface area is 135 Å². The van der Waals surface area contributed by atoms with Gasteiger partial charge in [-0.15, -0.1) is 11.3 Å². The average Bonchev–Trinajstić information content (AvgIpc) is 2.79. The monoisotopic (exact) mass is 409 g/mol. The maximum atomic E-state index is 13.9. The van der Waals surface area contributed by atoms with Gasteiger partial charge in [-0.3, -0.25) is 0 Å². The van der Waals surface area contributed by atoms with Gasteiger partial charge in [0.25, 0.3) is 0 Å². The van der Waals surface area contributed by atoms with Crippen molar-refractivity contribution in [3.63, 3.8) is 0 Å². The zero-order valence-electron chi connectivity index (χ0n) is 10.4. The summed E-state index contributed by atoms with van der Waals surface area (Å²) in [6.07, 6.45) is 0.562. The largest absolute Gasteiger partial charge is 0.310 e. The molecule has 0 amide bonds. The topological polar surface area (TPSA) is 12.0 Å². The Morgan fingerprint density at radius 1 is 1.47 bits per heavy atom. The van der Waals surface area contributed by atoms with E-state index in [1.165, 1.54) is 14.5 Å². The number of likely N-dealkylation sites (N-methyl/N-ethyl adjacent to an activating group) is 1. The first-order chi connectivity index (χ1) is 9.11. The van der Waals surface area contributed by atoms with Crippen LogP contribution in [0.4, 0.5) is 4.39 Å². The SMILES string of the molecule is CCNC(Cc1c(F)cccc1Cl)c1csc(I)c1. The predicted octanol–water partition coefficient (Wildman–Crippen LogP) is 5.04. The highest BCUT2D eigenvalue weighted by atomic mass is 127. The molecule has 0 fully saturated rings. The Hall–Kier alpha value is -0.170. The van der Waals surface area contributed by atoms with Gasteiger partial charge in [-0.2, -0.15) is 0 Å². The van der Waals surface area contributed by atoms with E-state index < -0.39 is 0 Å². The van der Waals surface area contributed by atoms with E-state index in [1.54, 1.807) is 23.5 Å². The van der Waals surface area contributed by atoms with E-state index in [2.05, 4.69) is 39.4 Å². The summed E-state index contributed by atoms with van der Waals surface area (Å²) in [6.45, 7) is 2.89. The van der Waals surface area contributed by atoms with Gasteiger partial charge in [0.05, 0.1) is 2.88 Å². The lowest BCUT2D eigenvalue weighted by Gasteiger charge is -2.18. The number of hydrogen-bond donors (Lipinski definition) is 1. The fourth-order valence-electron chi connectivity index (χ4n) is 1.99. The van der Waals surface area contributed by atoms with Crippen LogP contribution in [0.1, 0.15) is 24.1 Å². The standard InChI is InChI=1S/C14H14ClFINS/c1-2-18-13(9-6-14(17)19-8-9)7-10-11(15)4-3-5-12(10)16/h3-6,8,13,18H,2,7H2,1H3. The molecular formula is C14H14ClFINS. The van der Waals surface area contributed by atoms with Crippen molar-refractivity contribution in [1.82, 2.24) is 5.32 Å². The van der Waals surface area contributed by atoms with Crippen molar-refractivity contribution in [2.24, 2.45) is 0 Å². The second-order valence-electron chi connectivity index (χ2n) is 4.20. The molecule has 1 nitrogen and oxygen atoms in total. The van der Waals surface area contributed by atoms with E-state index >= 15 is 0 Å². The summed E-state index contributed by atoms with van der Waals surface area (Å²) >= 11 is 10.1. The Balaban J connectivity index is 2.26. The second-order valence-corrected chi connectivity index (χ2v) is 7.41. The molecule has 2 rings (SSSR count). The van der Waals surface area contributed by atoms with E-state index in [0.717, 1.165) is 6.54 Å². The number of nitrogens with one attached hydrogen (secondary N) is 1. The first-order valence-electron chi connectivity index (χ1n) is 6.02. The van der Waals surface area contributed by atoms with Crippen molar-refractivity contribution in [2.45, 2.75) is 19.4 Å². The molecular weight excluding hydrogens is 396 g/mol. The number of thiophene rings is 1. The minimum Gasteiger partial charge on any atom is -0.310 e. The van der Waals surface area contributed by atoms with Crippen molar-refractivity contribution >= 4 is 45.5 Å². The lowest BCUT2D eigenvalue weighted by Crippen LogP contribution is -2.23. The molecule has 102 valence electrons. The van der Waals surface area contributed by atoms with Gasteiger partial charge < -0.3 is 5.32 Å². The number of halogens is 3. The zero-order valence-corrected chi connectivity index (χ0v) is 14.2. The van der Waals surface area contributed by atoms with Gasteiger partial charge in [0, 0.05) is 16.6 Å². The highest BCUT2D eigenvalue weighted by Gasteiger charge is 2.17. The molecule has 0 spiro atoms. The van der Waals surface area contributed by atoms with Crippen LogP contribution in [0.2, 0.25) is 5.02 Å². The van der Waals surface area contributed by atoms with Crippen molar-refractivity contribution in [2.75, 3.05) is 6.54 Å². The molecule has 19 heavy (non-hydrogen) atoms. The fraction of sp³-hybridized carbons (Fsp3) is 0.286. The lowest BCUT2D eigenvalue weighted by atomic mass is 10.0. The van der Waals surface area contributed by atoms with Crippen LogP contribution in [0.25, 0.3) is 0 Å². The molecule has 0 aliphatic rings. The van der Waals surface area contributed by atoms with E-state index in [4.69, 9.17) is 11.6 Å². The second kappa shape index (κ2) is 7.02. The Morgan fingerprint density at radius 3 is 2.84 bits per heavy atom. The maximum absolute atomic E-state index is 13.9. The highest BCUT2D eigenvalue weighted by molar-refractivity contribution is 14.1. The summed E-state index contributed by atoms with van der Waals surface area (Å²) in [4.78, 5) is 0. The van der Waals surface area contributed by atoms with Gasteiger partial charge in [0.15, 0.2) is 0 Å². The quantitative estimate of drug-likeness (QED) is 0.682. The van der Waals surface area contributed by atoms with E-state index in [-0.39, 0.29) is 11.9 Å². The van der Waals surface area contributed by atoms with E-state index in [1.807, 2.05) is 6.92 Å². The third-order valence-corrected chi connectivity index (χ3v) is 5.07. The van der Waals surface area contributed by atoms with Gasteiger partial charge >= 0.3 is 0 Å². The minimum absolute atomic E-state index is 0.0964. The molecule has 0 saturated carbocycles. The summed E-state index contributed by atoms with van der Waals surface area (Å²) < 4.78 is 15.1. The van der Waals surface area contributed by atoms with Gasteiger partial charge in [-0.1, -0.05) is 24.6 Å². The highest BCUT2D eigenvalue weighted by Crippen LogP contribution is 2.28. The molecule has 1 atom stereocenters. The van der Waals surface area contributed by atoms with E-state index in [9.17, 15) is 4.39 Å². The Kier molecular flexibility index (Phi) is 5.62. The molecule has 0 saturated heterocycles. The van der Waals surface area contributed by atoms with Crippen LogP contribution in [0.5, 0.6) is 0 Å². The molecule has 0 bridgehead atoms. The number of benzene rings is 1. The third kappa shape index (κ3) is 3.90. The van der Waals surface area contributed by atoms with Crippen molar-refractivity contribution < 1.29 is 4.39 Å². The van der Waals surface area contributed by atoms with Crippen LogP contribution in [0.15, 0.2) is 29.6 Å². The van der Waals surface area contributed by atoms with Crippen LogP contribution < -0.4 is 5.32 Å². The van der Waals surface area contributed by atoms with Crippen LogP contribution in [-0.4, -0.2) is 6.54 Å². The summed E-state index contributed by atoms with van der Waals surface area (Å²) in [5.41, 5.74) is 1.77. The van der Waals surface area contributed by atoms with Gasteiger partial charge in [0.1, 0.15) is 5.82 Å². The summed E-state index contributed by atoms with van der Waals surface area (Å²) in [5.74, 6) is -0.236. The van der Waals surface area contributed by atoms with Crippen molar-refractivity contribution in [3.8, 4) is 0 Å². The molecule has 5 heteroatoms. The normalized spacial score (nSPS) is 12.6. The lowest BCUT2D eigenvalue weighted by molar-refractivity contribution is 0.529. The zero-order chi connectivity index (χ0) is 13.8. The first-order valence-corrected chi connectivity index (χ1v) is 8.35. The molecule has 1 aromatic carbocycles. The molecule has 1 unspecified atom stereocenters. The molecule has 1 heterocycles. The predicted molar refractivity (Wildman–Crippen MR) is 88.6 cm³/mol. The van der Waals surface area contributed by atoms with Crippen molar-refractivity contribution in [3.05, 3.63) is 54.5 Å². The molecule has 2 aromatic rings. The van der Waals surface area contributed by atoms with Crippen molar-refractivity contribution in [1.29, 1.82) is 0 Å². The summed E-state index contributed by atoms with van der Waals surface area (Å²) in [7, 11) is 0. The molecule has 0 aliphatic heterocycles. The van der Waals surface area contributed by atoms with Gasteiger partial charge in [0.2, 0.25) is 0 Å². The number of rotatable bonds is 5. The molecule has 0 radical (unpaired) electrons. The average molecular weight is 410 g/mol. The number of hydrogen-bond acceptors (Lipinski definition) is 2. The van der Waals surface area contributed by atoms with Crippen LogP contribution in [0, 0.1) is 8.70 Å². The molecule has 1 N–H and O–H groups in total. The van der Waals surface area contributed by atoms with Gasteiger partial charge in [-0.25, -0.2) is 4.39 Å². The van der Waals surface area contributed by atoms with Crippen LogP contribution >= 0.6 is 45.5 Å². The maximum Gasteiger partial charge on any atom is 0.127 e. The smallest absolute Gasteiger partial charge is 0.127 e. The third-order valence-electron chi connectivity index (χ3n) is 2.91. The fourth-order valence-corrected chi connectivity index (χ4v) is 3.66. The summed E-state index contributed by atoms with van der Waals surface area (Å²) in [5, 5.41) is 6.00. The van der Waals surface area contributed by atoms with E-state index in [0.29, 0.717) is 17.0 Å². The van der Waals surface area contributed by atoms with Crippen LogP contribution in [0.3, 0.4) is 0 Å². The van der Waals surface area contributed by atoms with Crippen LogP contribution in [-0.2, 0) is 6.42 Å². The minimum atomic E-state index is -0.236. The first kappa shape index (κ1) is 15.2. The molecule has 1 aromatic heterocycles. The Bertz CT molecular complexity index is 538.